The first kappa shape index (κ1) is 24.7. The average molecular weight is 600 g/mol. The Labute approximate surface area is 219 Å². The molecule has 0 bridgehead atoms. The van der Waals surface area contributed by atoms with Crippen molar-refractivity contribution in [1.82, 2.24) is 0 Å². The molecule has 1 amide bonds. The molecule has 0 saturated heterocycles. The number of carbonyl (C=O) groups is 2. The normalized spacial score (nSPS) is 13.9. The molecular formula is C26H20Br2N2O5. The van der Waals surface area contributed by atoms with E-state index >= 15 is 0 Å². The van der Waals surface area contributed by atoms with Crippen molar-refractivity contribution in [2.45, 2.75) is 13.5 Å². The van der Waals surface area contributed by atoms with Gasteiger partial charge in [-0.1, -0.05) is 34.1 Å². The highest BCUT2D eigenvalue weighted by Gasteiger charge is 2.24. The zero-order chi connectivity index (χ0) is 24.9. The van der Waals surface area contributed by atoms with Gasteiger partial charge in [-0.3, -0.25) is 4.79 Å². The zero-order valence-electron chi connectivity index (χ0n) is 18.8. The molecule has 178 valence electrons. The van der Waals surface area contributed by atoms with E-state index in [1.165, 1.54) is 6.92 Å². The molecule has 0 aliphatic carbocycles. The molecule has 0 unspecified atom stereocenters. The molecule has 0 radical (unpaired) electrons. The van der Waals surface area contributed by atoms with Crippen LogP contribution in [0.25, 0.3) is 6.08 Å². The molecule has 0 saturated carbocycles. The summed E-state index contributed by atoms with van der Waals surface area (Å²) < 4.78 is 18.5. The summed E-state index contributed by atoms with van der Waals surface area (Å²) in [6.45, 7) is 1.78. The lowest BCUT2D eigenvalue weighted by Crippen LogP contribution is -2.07. The summed E-state index contributed by atoms with van der Waals surface area (Å²) in [5.74, 6) is 0.508. The second kappa shape index (κ2) is 10.9. The molecule has 0 fully saturated rings. The van der Waals surface area contributed by atoms with Crippen molar-refractivity contribution >= 4 is 61.4 Å². The summed E-state index contributed by atoms with van der Waals surface area (Å²) in [7, 11) is 1.55. The highest BCUT2D eigenvalue weighted by molar-refractivity contribution is 9.10. The summed E-state index contributed by atoms with van der Waals surface area (Å²) in [5, 5.41) is 2.69. The van der Waals surface area contributed by atoms with E-state index in [0.29, 0.717) is 39.4 Å². The predicted molar refractivity (Wildman–Crippen MR) is 141 cm³/mol. The van der Waals surface area contributed by atoms with Gasteiger partial charge in [0.05, 0.1) is 11.6 Å². The Morgan fingerprint density at radius 1 is 1.09 bits per heavy atom. The fourth-order valence-electron chi connectivity index (χ4n) is 3.32. The smallest absolute Gasteiger partial charge is 0.363 e. The van der Waals surface area contributed by atoms with Gasteiger partial charge in [-0.25, -0.2) is 9.79 Å². The van der Waals surface area contributed by atoms with E-state index in [1.807, 2.05) is 30.3 Å². The first-order chi connectivity index (χ1) is 16.8. The monoisotopic (exact) mass is 598 g/mol. The fraction of sp³-hybridized carbons (Fsp3) is 0.115. The van der Waals surface area contributed by atoms with Gasteiger partial charge in [-0.05, 0) is 70.0 Å². The van der Waals surface area contributed by atoms with Gasteiger partial charge in [-0.15, -0.1) is 0 Å². The number of halogens is 2. The Bertz CT molecular complexity index is 1350. The number of ether oxygens (including phenoxy) is 3. The Morgan fingerprint density at radius 3 is 2.51 bits per heavy atom. The number of nitrogens with zero attached hydrogens (tertiary/aromatic N) is 1. The van der Waals surface area contributed by atoms with Crippen LogP contribution in [0.5, 0.6) is 11.5 Å². The van der Waals surface area contributed by atoms with Crippen molar-refractivity contribution in [2.24, 2.45) is 4.99 Å². The molecule has 3 aromatic rings. The minimum Gasteiger partial charge on any atom is -0.493 e. The zero-order valence-corrected chi connectivity index (χ0v) is 22.0. The van der Waals surface area contributed by atoms with Gasteiger partial charge in [-0.2, -0.15) is 0 Å². The molecule has 1 aliphatic heterocycles. The third-order valence-corrected chi connectivity index (χ3v) is 6.32. The maximum atomic E-state index is 12.4. The Kier molecular flexibility index (Phi) is 7.67. The van der Waals surface area contributed by atoms with Crippen LogP contribution in [0.3, 0.4) is 0 Å². The topological polar surface area (TPSA) is 86.2 Å². The first-order valence-corrected chi connectivity index (χ1v) is 12.1. The standard InChI is InChI=1S/C26H20Br2N2O5/c1-15(31)29-19-9-7-17(8-10-19)25-30-22(26(32)35-25)12-16-11-21(28)24(23(13-16)33-2)34-14-18-5-3-4-6-20(18)27/h3-13H,14H2,1-2H3,(H,29,31)/b22-12-. The van der Waals surface area contributed by atoms with E-state index in [0.717, 1.165) is 10.0 Å². The molecule has 35 heavy (non-hydrogen) atoms. The number of benzene rings is 3. The highest BCUT2D eigenvalue weighted by atomic mass is 79.9. The molecular weight excluding hydrogens is 580 g/mol. The number of aliphatic imine (C=N–C) groups is 1. The second-order valence-corrected chi connectivity index (χ2v) is 9.22. The molecule has 1 N–H and O–H groups in total. The van der Waals surface area contributed by atoms with Gasteiger partial charge in [0.2, 0.25) is 11.8 Å². The van der Waals surface area contributed by atoms with E-state index in [2.05, 4.69) is 42.2 Å². The number of hydrogen-bond donors (Lipinski definition) is 1. The number of methoxy groups -OCH3 is 1. The van der Waals surface area contributed by atoms with Crippen LogP contribution < -0.4 is 14.8 Å². The largest absolute Gasteiger partial charge is 0.493 e. The summed E-state index contributed by atoms with van der Waals surface area (Å²) in [4.78, 5) is 28.0. The average Bonchev–Trinajstić information content (AvgIpc) is 3.19. The lowest BCUT2D eigenvalue weighted by atomic mass is 10.1. The van der Waals surface area contributed by atoms with Crippen LogP contribution in [0.15, 0.2) is 80.3 Å². The number of cyclic esters (lactones) is 1. The minimum atomic E-state index is -0.560. The van der Waals surface area contributed by atoms with Crippen LogP contribution in [0.1, 0.15) is 23.6 Å². The van der Waals surface area contributed by atoms with Gasteiger partial charge in [0.25, 0.3) is 0 Å². The lowest BCUT2D eigenvalue weighted by molar-refractivity contribution is -0.129. The number of rotatable bonds is 7. The molecule has 1 aliphatic rings. The number of hydrogen-bond acceptors (Lipinski definition) is 6. The molecule has 7 nitrogen and oxygen atoms in total. The third-order valence-electron chi connectivity index (χ3n) is 4.96. The summed E-state index contributed by atoms with van der Waals surface area (Å²) >= 11 is 7.06. The summed E-state index contributed by atoms with van der Waals surface area (Å²) in [6, 6.07) is 18.2. The van der Waals surface area contributed by atoms with E-state index in [-0.39, 0.29) is 17.5 Å². The maximum Gasteiger partial charge on any atom is 0.363 e. The Balaban J connectivity index is 1.56. The van der Waals surface area contributed by atoms with Crippen LogP contribution in [0.4, 0.5) is 5.69 Å². The SMILES string of the molecule is COc1cc(/C=C2\N=C(c3ccc(NC(C)=O)cc3)OC2=O)cc(Br)c1OCc1ccccc1Br. The van der Waals surface area contributed by atoms with Gasteiger partial charge in [0.15, 0.2) is 17.2 Å². The molecule has 9 heteroatoms. The van der Waals surface area contributed by atoms with Crippen molar-refractivity contribution < 1.29 is 23.8 Å². The lowest BCUT2D eigenvalue weighted by Gasteiger charge is -2.14. The molecule has 1 heterocycles. The van der Waals surface area contributed by atoms with Gasteiger partial charge >= 0.3 is 5.97 Å². The minimum absolute atomic E-state index is 0.154. The third kappa shape index (κ3) is 5.98. The van der Waals surface area contributed by atoms with Gasteiger partial charge in [0.1, 0.15) is 6.61 Å². The van der Waals surface area contributed by atoms with Crippen LogP contribution in [0.2, 0.25) is 0 Å². The predicted octanol–water partition coefficient (Wildman–Crippen LogP) is 6.10. The van der Waals surface area contributed by atoms with Gasteiger partial charge in [0, 0.05) is 28.2 Å². The summed E-state index contributed by atoms with van der Waals surface area (Å²) in [5.41, 5.74) is 3.08. The maximum absolute atomic E-state index is 12.4. The van der Waals surface area contributed by atoms with E-state index in [9.17, 15) is 9.59 Å². The molecule has 0 spiro atoms. The van der Waals surface area contributed by atoms with Crippen molar-refractivity contribution in [3.63, 3.8) is 0 Å². The number of esters is 1. The van der Waals surface area contributed by atoms with Crippen molar-refractivity contribution in [2.75, 3.05) is 12.4 Å². The fourth-order valence-corrected chi connectivity index (χ4v) is 4.29. The van der Waals surface area contributed by atoms with Gasteiger partial charge < -0.3 is 19.5 Å². The van der Waals surface area contributed by atoms with E-state index in [1.54, 1.807) is 43.5 Å². The summed E-state index contributed by atoms with van der Waals surface area (Å²) in [6.07, 6.45) is 1.62. The molecule has 3 aromatic carbocycles. The Morgan fingerprint density at radius 2 is 1.83 bits per heavy atom. The van der Waals surface area contributed by atoms with E-state index in [4.69, 9.17) is 14.2 Å². The van der Waals surface area contributed by atoms with Crippen LogP contribution in [-0.4, -0.2) is 24.9 Å². The van der Waals surface area contributed by atoms with Crippen molar-refractivity contribution in [3.05, 3.63) is 92.0 Å². The number of amides is 1. The highest BCUT2D eigenvalue weighted by Crippen LogP contribution is 2.38. The molecule has 0 atom stereocenters. The van der Waals surface area contributed by atoms with E-state index < -0.39 is 5.97 Å². The van der Waals surface area contributed by atoms with Crippen molar-refractivity contribution in [1.29, 1.82) is 0 Å². The Hall–Kier alpha value is -3.43. The van der Waals surface area contributed by atoms with Crippen LogP contribution in [0, 0.1) is 0 Å². The quantitative estimate of drug-likeness (QED) is 0.262. The van der Waals surface area contributed by atoms with Crippen LogP contribution in [-0.2, 0) is 20.9 Å². The van der Waals surface area contributed by atoms with Crippen LogP contribution >= 0.6 is 31.9 Å². The molecule has 0 aromatic heterocycles. The number of anilines is 1. The number of carbonyl (C=O) groups excluding carboxylic acids is 2. The van der Waals surface area contributed by atoms with Crippen molar-refractivity contribution in [3.8, 4) is 11.5 Å². The second-order valence-electron chi connectivity index (χ2n) is 7.51. The molecule has 4 rings (SSSR count). The first-order valence-electron chi connectivity index (χ1n) is 10.5. The number of nitrogens with one attached hydrogen (secondary N) is 1.